The molecule has 0 aromatic heterocycles. The van der Waals surface area contributed by atoms with Crippen LogP contribution in [0.2, 0.25) is 0 Å². The molecule has 0 aliphatic carbocycles. The van der Waals surface area contributed by atoms with E-state index in [0.717, 1.165) is 25.7 Å². The van der Waals surface area contributed by atoms with Crippen molar-refractivity contribution in [3.8, 4) is 0 Å². The molecule has 0 amide bonds. The molecule has 0 rings (SSSR count). The summed E-state index contributed by atoms with van der Waals surface area (Å²) in [7, 11) is 5.48. The molecule has 0 heterocycles. The number of hydrogen-bond acceptors (Lipinski definition) is 5. The Balaban J connectivity index is 3.45. The number of rotatable bonds is 31. The van der Waals surface area contributed by atoms with Gasteiger partial charge in [-0.1, -0.05) is 115 Å². The van der Waals surface area contributed by atoms with Crippen LogP contribution in [0.1, 0.15) is 142 Å². The topological polar surface area (TPSA) is 93.1 Å². The minimum Gasteiger partial charge on any atom is -0.477 e. The number of carbonyl (C=O) groups excluding carboxylic acids is 1. The van der Waals surface area contributed by atoms with Gasteiger partial charge in [0.1, 0.15) is 12.7 Å². The Kier molecular flexibility index (Phi) is 27.9. The van der Waals surface area contributed by atoms with Crippen molar-refractivity contribution in [3.05, 3.63) is 24.3 Å². The van der Waals surface area contributed by atoms with Crippen molar-refractivity contribution in [1.29, 1.82) is 0 Å². The summed E-state index contributed by atoms with van der Waals surface area (Å²) in [4.78, 5) is 23.3. The second-order valence-corrected chi connectivity index (χ2v) is 13.0. The Labute approximate surface area is 264 Å². The van der Waals surface area contributed by atoms with Gasteiger partial charge in [-0.3, -0.25) is 4.79 Å². The first-order valence-electron chi connectivity index (χ1n) is 17.4. The summed E-state index contributed by atoms with van der Waals surface area (Å²) < 4.78 is 10.8. The molecule has 2 atom stereocenters. The highest BCUT2D eigenvalue weighted by Gasteiger charge is 2.30. The summed E-state index contributed by atoms with van der Waals surface area (Å²) in [5.41, 5.74) is 0. The van der Waals surface area contributed by atoms with Crippen LogP contribution in [-0.4, -0.2) is 79.7 Å². The van der Waals surface area contributed by atoms with E-state index in [1.54, 1.807) is 0 Å². The van der Waals surface area contributed by atoms with E-state index in [4.69, 9.17) is 9.47 Å². The molecule has 2 unspecified atom stereocenters. The van der Waals surface area contributed by atoms with E-state index in [1.165, 1.54) is 96.3 Å². The summed E-state index contributed by atoms with van der Waals surface area (Å²) in [6, 6.07) is -0.574. The van der Waals surface area contributed by atoms with Crippen LogP contribution in [0.15, 0.2) is 24.3 Å². The maximum atomic E-state index is 11.9. The third-order valence-corrected chi connectivity index (χ3v) is 7.83. The van der Waals surface area contributed by atoms with E-state index in [9.17, 15) is 19.8 Å². The van der Waals surface area contributed by atoms with Crippen LogP contribution in [0.5, 0.6) is 0 Å². The first-order chi connectivity index (χ1) is 20.7. The van der Waals surface area contributed by atoms with Crippen molar-refractivity contribution in [2.24, 2.45) is 0 Å². The van der Waals surface area contributed by atoms with Gasteiger partial charge in [0, 0.05) is 12.8 Å². The van der Waals surface area contributed by atoms with Gasteiger partial charge in [0.15, 0.2) is 6.04 Å². The van der Waals surface area contributed by atoms with Crippen LogP contribution in [-0.2, 0) is 19.1 Å². The van der Waals surface area contributed by atoms with E-state index in [2.05, 4.69) is 31.2 Å². The van der Waals surface area contributed by atoms with Gasteiger partial charge in [-0.2, -0.15) is 0 Å². The van der Waals surface area contributed by atoms with Crippen molar-refractivity contribution < 1.29 is 33.8 Å². The Hall–Kier alpha value is -1.70. The van der Waals surface area contributed by atoms with Gasteiger partial charge >= 0.3 is 11.9 Å². The van der Waals surface area contributed by atoms with Crippen LogP contribution < -0.4 is 0 Å². The molecule has 0 saturated carbocycles. The largest absolute Gasteiger partial charge is 0.477 e. The maximum absolute atomic E-state index is 11.9. The molecule has 0 aromatic rings. The van der Waals surface area contributed by atoms with Crippen LogP contribution in [0, 0.1) is 0 Å². The SMILES string of the molecule is CCCCCCC/C=C\C/C=C\CCCCCCCCCCCCCC(=O)OCC(O)COCCC(C(=O)O)[N+](C)(C)C. The molecule has 7 heteroatoms. The lowest BCUT2D eigenvalue weighted by atomic mass is 10.0. The molecule has 0 bridgehead atoms. The summed E-state index contributed by atoms with van der Waals surface area (Å²) in [5.74, 6) is -1.15. The third-order valence-electron chi connectivity index (χ3n) is 7.83. The molecule has 0 fully saturated rings. The predicted molar refractivity (Wildman–Crippen MR) is 178 cm³/mol. The molecule has 0 aliphatic heterocycles. The number of hydrogen-bond donors (Lipinski definition) is 2. The number of nitrogens with zero attached hydrogens (tertiary/aromatic N) is 1. The van der Waals surface area contributed by atoms with Gasteiger partial charge in [-0.15, -0.1) is 0 Å². The first-order valence-corrected chi connectivity index (χ1v) is 17.4. The number of quaternary nitrogens is 1. The predicted octanol–water partition coefficient (Wildman–Crippen LogP) is 8.39. The zero-order valence-electron chi connectivity index (χ0n) is 28.4. The lowest BCUT2D eigenvalue weighted by Crippen LogP contribution is -2.50. The minimum absolute atomic E-state index is 0.0194. The molecule has 0 aliphatic rings. The molecule has 43 heavy (non-hydrogen) atoms. The highest BCUT2D eigenvalue weighted by atomic mass is 16.5. The summed E-state index contributed by atoms with van der Waals surface area (Å²) in [6.45, 7) is 2.42. The second kappa shape index (κ2) is 29.0. The van der Waals surface area contributed by atoms with Gasteiger partial charge in [0.25, 0.3) is 0 Å². The van der Waals surface area contributed by atoms with Gasteiger partial charge in [0.05, 0.1) is 34.4 Å². The van der Waals surface area contributed by atoms with Crippen LogP contribution in [0.3, 0.4) is 0 Å². The summed E-state index contributed by atoms with van der Waals surface area (Å²) >= 11 is 0. The summed E-state index contributed by atoms with van der Waals surface area (Å²) in [5, 5.41) is 19.3. The van der Waals surface area contributed by atoms with Gasteiger partial charge in [-0.25, -0.2) is 4.79 Å². The Morgan fingerprint density at radius 3 is 1.67 bits per heavy atom. The number of allylic oxidation sites excluding steroid dienone is 4. The standard InChI is InChI=1S/C36H67NO6/c1-5-6-7-8-9-10-11-12-13-14-15-16-17-18-19-20-21-22-23-24-25-26-27-28-35(39)43-32-33(38)31-42-30-29-34(36(40)41)37(2,3)4/h11-12,14-15,33-34,38H,5-10,13,16-32H2,1-4H3/p+1/b12-11-,15-14-. The Bertz CT molecular complexity index is 715. The van der Waals surface area contributed by atoms with Crippen molar-refractivity contribution in [2.75, 3.05) is 41.0 Å². The monoisotopic (exact) mass is 611 g/mol. The molecular weight excluding hydrogens is 542 g/mol. The number of aliphatic hydroxyl groups is 1. The molecule has 252 valence electrons. The van der Waals surface area contributed by atoms with E-state index in [1.807, 2.05) is 21.1 Å². The number of ether oxygens (including phenoxy) is 2. The lowest BCUT2D eigenvalue weighted by Gasteiger charge is -2.31. The first kappa shape index (κ1) is 41.3. The van der Waals surface area contributed by atoms with E-state index in [0.29, 0.717) is 17.3 Å². The Morgan fingerprint density at radius 1 is 0.698 bits per heavy atom. The molecule has 0 radical (unpaired) electrons. The molecule has 0 saturated heterocycles. The van der Waals surface area contributed by atoms with Crippen molar-refractivity contribution in [1.82, 2.24) is 0 Å². The fourth-order valence-electron chi connectivity index (χ4n) is 5.06. The zero-order valence-corrected chi connectivity index (χ0v) is 28.4. The molecule has 0 aromatic carbocycles. The average Bonchev–Trinajstić information content (AvgIpc) is 2.95. The Morgan fingerprint density at radius 2 is 1.19 bits per heavy atom. The van der Waals surface area contributed by atoms with Gasteiger partial charge in [0.2, 0.25) is 0 Å². The molecular formula is C36H68NO6+. The number of esters is 1. The number of aliphatic hydroxyl groups excluding tert-OH is 1. The minimum atomic E-state index is -0.903. The number of carboxylic acids is 1. The number of likely N-dealkylation sites (N-methyl/N-ethyl adjacent to an activating group) is 1. The normalized spacial score (nSPS) is 13.6. The van der Waals surface area contributed by atoms with Crippen molar-refractivity contribution >= 4 is 11.9 Å². The highest BCUT2D eigenvalue weighted by molar-refractivity contribution is 5.72. The van der Waals surface area contributed by atoms with Crippen molar-refractivity contribution in [2.45, 2.75) is 154 Å². The van der Waals surface area contributed by atoms with Crippen molar-refractivity contribution in [3.63, 3.8) is 0 Å². The zero-order chi connectivity index (χ0) is 32.0. The number of aliphatic carboxylic acids is 1. The van der Waals surface area contributed by atoms with Crippen LogP contribution in [0.25, 0.3) is 0 Å². The molecule has 7 nitrogen and oxygen atoms in total. The van der Waals surface area contributed by atoms with Crippen LogP contribution in [0.4, 0.5) is 0 Å². The van der Waals surface area contributed by atoms with Crippen LogP contribution >= 0.6 is 0 Å². The fraction of sp³-hybridized carbons (Fsp3) is 0.833. The summed E-state index contributed by atoms with van der Waals surface area (Å²) in [6.07, 6.45) is 32.9. The number of carboxylic acid groups (broad SMARTS) is 1. The van der Waals surface area contributed by atoms with E-state index < -0.39 is 18.1 Å². The fourth-order valence-corrected chi connectivity index (χ4v) is 5.06. The van der Waals surface area contributed by atoms with E-state index >= 15 is 0 Å². The lowest BCUT2D eigenvalue weighted by molar-refractivity contribution is -0.887. The number of carbonyl (C=O) groups is 2. The third kappa shape index (κ3) is 28.8. The molecule has 0 spiro atoms. The maximum Gasteiger partial charge on any atom is 0.362 e. The quantitative estimate of drug-likeness (QED) is 0.0354. The highest BCUT2D eigenvalue weighted by Crippen LogP contribution is 2.13. The molecule has 2 N–H and O–H groups in total. The van der Waals surface area contributed by atoms with E-state index in [-0.39, 0.29) is 25.8 Å². The second-order valence-electron chi connectivity index (χ2n) is 13.0. The smallest absolute Gasteiger partial charge is 0.362 e. The number of unbranched alkanes of at least 4 members (excludes halogenated alkanes) is 16. The van der Waals surface area contributed by atoms with Gasteiger partial charge < -0.3 is 24.2 Å². The van der Waals surface area contributed by atoms with Gasteiger partial charge in [-0.05, 0) is 38.5 Å². The average molecular weight is 611 g/mol.